The molecule has 0 bridgehead atoms. The van der Waals surface area contributed by atoms with Gasteiger partial charge in [0.1, 0.15) is 28.6 Å². The predicted octanol–water partition coefficient (Wildman–Crippen LogP) is 9.84. The van der Waals surface area contributed by atoms with Crippen LogP contribution in [-0.4, -0.2) is 149 Å². The lowest BCUT2D eigenvalue weighted by molar-refractivity contribution is -0.128. The van der Waals surface area contributed by atoms with E-state index in [9.17, 15) is 24.9 Å². The monoisotopic (exact) mass is 1300 g/mol. The van der Waals surface area contributed by atoms with Crippen LogP contribution in [0, 0.1) is 39.7 Å². The summed E-state index contributed by atoms with van der Waals surface area (Å²) in [6, 6.07) is 30.1. The van der Waals surface area contributed by atoms with Crippen LogP contribution in [0.15, 0.2) is 110 Å². The minimum Gasteiger partial charge on any atom is -0.495 e. The van der Waals surface area contributed by atoms with Crippen LogP contribution in [0.25, 0.3) is 10.8 Å². The van der Waals surface area contributed by atoms with Gasteiger partial charge in [0.2, 0.25) is 11.8 Å². The summed E-state index contributed by atoms with van der Waals surface area (Å²) < 4.78 is 62.0. The highest BCUT2D eigenvalue weighted by atomic mass is 35.5. The summed E-state index contributed by atoms with van der Waals surface area (Å²) in [4.78, 5) is 57.0. The van der Waals surface area contributed by atoms with E-state index in [2.05, 4.69) is 86.2 Å². The Morgan fingerprint density at radius 3 is 2.46 bits per heavy atom. The fraction of sp³-hybridized carbons (Fsp3) is 0.435. The molecule has 6 aromatic rings. The average Bonchev–Trinajstić information content (AvgIpc) is 1.52. The van der Waals surface area contributed by atoms with Crippen LogP contribution in [0.5, 0.6) is 11.8 Å². The number of nitriles is 2. The van der Waals surface area contributed by atoms with Crippen molar-refractivity contribution in [2.75, 3.05) is 101 Å². The van der Waals surface area contributed by atoms with Gasteiger partial charge in [-0.3, -0.25) is 14.4 Å². The largest absolute Gasteiger partial charge is 0.495 e. The van der Waals surface area contributed by atoms with Gasteiger partial charge in [-0.1, -0.05) is 105 Å². The molecule has 3 amide bonds. The summed E-state index contributed by atoms with van der Waals surface area (Å²) in [7, 11) is 1.39. The third-order valence-electron chi connectivity index (χ3n) is 17.5. The Bertz CT molecular complexity index is 3750. The summed E-state index contributed by atoms with van der Waals surface area (Å²) in [5, 5.41) is 35.7. The molecule has 484 valence electrons. The second-order valence-electron chi connectivity index (χ2n) is 24.7. The summed E-state index contributed by atoms with van der Waals surface area (Å²) in [6.07, 6.45) is 4.01. The number of amides is 3. The van der Waals surface area contributed by atoms with Crippen LogP contribution < -0.4 is 40.5 Å². The fourth-order valence-corrected chi connectivity index (χ4v) is 13.5. The topological polar surface area (TPSA) is 229 Å². The first-order valence-corrected chi connectivity index (χ1v) is 31.8. The molecule has 10 rings (SSSR count). The third kappa shape index (κ3) is 15.2. The quantitative estimate of drug-likeness (QED) is 0.0309. The first-order valence-electron chi connectivity index (χ1n) is 31.1. The molecule has 4 aliphatic heterocycles. The number of aromatic nitrogens is 2. The molecular weight excluding hydrogens is 1220 g/mol. The van der Waals surface area contributed by atoms with E-state index in [0.717, 1.165) is 48.2 Å². The number of rotatable bonds is 25. The van der Waals surface area contributed by atoms with Crippen molar-refractivity contribution in [3.05, 3.63) is 159 Å². The molecule has 19 nitrogen and oxygen atoms in total. The lowest BCUT2D eigenvalue weighted by Gasteiger charge is -2.42. The molecule has 7 atom stereocenters. The molecule has 0 radical (unpaired) electrons. The number of fused-ring (bicyclic) bond motifs is 2. The molecule has 1 aromatic heterocycles. The van der Waals surface area contributed by atoms with Crippen LogP contribution in [-0.2, 0) is 42.2 Å². The third-order valence-corrected chi connectivity index (χ3v) is 18.0. The van der Waals surface area contributed by atoms with E-state index in [-0.39, 0.29) is 88.3 Å². The number of methoxy groups -OCH3 is 1. The molecule has 0 spiro atoms. The lowest BCUT2D eigenvalue weighted by Crippen LogP contribution is -2.55. The number of carbonyl (C=O) groups is 3. The van der Waals surface area contributed by atoms with Crippen molar-refractivity contribution in [1.82, 2.24) is 30.8 Å². The van der Waals surface area contributed by atoms with E-state index < -0.39 is 52.3 Å². The molecule has 23 heteroatoms. The van der Waals surface area contributed by atoms with Crippen molar-refractivity contribution in [3.63, 3.8) is 0 Å². The van der Waals surface area contributed by atoms with Gasteiger partial charge < -0.3 is 59.7 Å². The predicted molar refractivity (Wildman–Crippen MR) is 348 cm³/mol. The smallest absolute Gasteiger partial charge is 0.318 e. The zero-order valence-corrected chi connectivity index (χ0v) is 53.6. The molecule has 4 N–H and O–H groups in total. The first kappa shape index (κ1) is 66.9. The normalized spacial score (nSPS) is 21.3. The molecule has 3 saturated heterocycles. The van der Waals surface area contributed by atoms with E-state index >= 15 is 8.78 Å². The Balaban J connectivity index is 0.662. The van der Waals surface area contributed by atoms with Gasteiger partial charge in [-0.25, -0.2) is 8.78 Å². The Morgan fingerprint density at radius 1 is 0.902 bits per heavy atom. The van der Waals surface area contributed by atoms with Crippen LogP contribution in [0.3, 0.4) is 0 Å². The molecule has 0 unspecified atom stereocenters. The molecule has 92 heavy (non-hydrogen) atoms. The van der Waals surface area contributed by atoms with Gasteiger partial charge >= 0.3 is 6.01 Å². The van der Waals surface area contributed by atoms with Gasteiger partial charge in [0.15, 0.2) is 0 Å². The maximum Gasteiger partial charge on any atom is 0.318 e. The number of carbonyl (C=O) groups excluding carboxylic acids is 3. The SMILES string of the molecule is C=CC(=O)N1CCN(c2nc(OCC[C@H]3C[C@@H](OCCOCCOCCNC(=O)c4ccc(NC(=O)[C@@H]5N[C@@H](CC(C)(C)C)[C@](C#N)(c6ccc(Cl)cc6F)[C@H]5c5cccc(Cl)c5F)c(OC)c4)CN3)nc3c2CCN(c2cccc4ccccc24)C3)C[C@@H]1CC#N. The first-order chi connectivity index (χ1) is 44.4. The maximum atomic E-state index is 16.2. The number of halogens is 4. The van der Waals surface area contributed by atoms with Gasteiger partial charge in [-0.15, -0.1) is 0 Å². The highest BCUT2D eigenvalue weighted by Gasteiger charge is 2.61. The minimum atomic E-state index is -1.82. The summed E-state index contributed by atoms with van der Waals surface area (Å²) in [5.41, 5.74) is 1.17. The summed E-state index contributed by atoms with van der Waals surface area (Å²) >= 11 is 12.5. The van der Waals surface area contributed by atoms with Crippen LogP contribution in [0.1, 0.15) is 85.1 Å². The van der Waals surface area contributed by atoms with E-state index in [4.69, 9.17) is 56.9 Å². The number of benzene rings is 5. The molecule has 0 aliphatic carbocycles. The highest BCUT2D eigenvalue weighted by molar-refractivity contribution is 6.31. The van der Waals surface area contributed by atoms with Gasteiger partial charge in [0, 0.05) is 90.1 Å². The number of anilines is 3. The molecule has 5 aromatic carbocycles. The van der Waals surface area contributed by atoms with Crippen molar-refractivity contribution in [2.45, 2.75) is 101 Å². The van der Waals surface area contributed by atoms with Crippen molar-refractivity contribution < 1.29 is 46.8 Å². The zero-order chi connectivity index (χ0) is 65.1. The Hall–Kier alpha value is -7.99. The lowest BCUT2D eigenvalue weighted by atomic mass is 9.62. The minimum absolute atomic E-state index is 0.000294. The Labute approximate surface area is 545 Å². The highest BCUT2D eigenvalue weighted by Crippen LogP contribution is 2.53. The summed E-state index contributed by atoms with van der Waals surface area (Å²) in [5.74, 6) is -3.24. The number of hydrogen-bond acceptors (Lipinski definition) is 16. The Morgan fingerprint density at radius 2 is 1.68 bits per heavy atom. The Kier molecular flexibility index (Phi) is 22.0. The van der Waals surface area contributed by atoms with Crippen LogP contribution >= 0.6 is 23.2 Å². The maximum absolute atomic E-state index is 16.2. The second-order valence-corrected chi connectivity index (χ2v) is 25.5. The zero-order valence-electron chi connectivity index (χ0n) is 52.1. The van der Waals surface area contributed by atoms with Crippen molar-refractivity contribution in [1.29, 1.82) is 10.5 Å². The molecule has 5 heterocycles. The van der Waals surface area contributed by atoms with E-state index in [0.29, 0.717) is 78.2 Å². The molecule has 3 fully saturated rings. The molecule has 0 saturated carbocycles. The average molecular weight is 1300 g/mol. The molecular formula is C69H77Cl2F2N11O8. The summed E-state index contributed by atoms with van der Waals surface area (Å²) in [6.45, 7) is 15.2. The van der Waals surface area contributed by atoms with Gasteiger partial charge in [-0.05, 0) is 90.6 Å². The number of nitrogens with zero attached hydrogens (tertiary/aromatic N) is 7. The van der Waals surface area contributed by atoms with Gasteiger partial charge in [0.05, 0.1) is 106 Å². The fourth-order valence-electron chi connectivity index (χ4n) is 13.2. The van der Waals surface area contributed by atoms with E-state index in [1.54, 1.807) is 4.90 Å². The van der Waals surface area contributed by atoms with E-state index in [1.165, 1.54) is 72.5 Å². The second kappa shape index (κ2) is 30.2. The van der Waals surface area contributed by atoms with Crippen LogP contribution in [0.2, 0.25) is 10.0 Å². The standard InChI is InChI=1S/C69H77Cl2F2N11O8/c1-6-60(85)84-28-27-83(40-47(84)21-24-74)64-50-22-26-82(57-16-9-12-43-11-7-8-13-49(43)57)41-56(50)79-67(81-64)92-29-23-46-37-48(39-77-46)91-34-33-90-32-31-89-30-25-76-65(86)44-17-20-55(58(35-44)88-5)78-66(87)63-61(51-14-10-15-53(71)62(51)73)69(42-75,59(80-63)38-68(2,3)4)52-19-18-45(70)36-54(52)72/h6-20,35-36,46-48,59,61,63,77,80H,1,21-23,25-34,37-41H2,2-5H3,(H,76,86)(H,78,87)/t46-,47-,48+,59-,61-,63+,69-/m0/s1. The molecule has 4 aliphatic rings. The number of ether oxygens (including phenoxy) is 5. The number of hydrogen-bond donors (Lipinski definition) is 4. The van der Waals surface area contributed by atoms with Gasteiger partial charge in [0.25, 0.3) is 5.91 Å². The van der Waals surface area contributed by atoms with E-state index in [1.807, 2.05) is 26.8 Å². The van der Waals surface area contributed by atoms with Gasteiger partial charge in [-0.2, -0.15) is 20.5 Å². The van der Waals surface area contributed by atoms with Crippen LogP contribution in [0.4, 0.5) is 26.0 Å². The van der Waals surface area contributed by atoms with Crippen molar-refractivity contribution in [3.8, 4) is 23.9 Å². The number of nitrogens with one attached hydrogen (secondary N) is 4. The van der Waals surface area contributed by atoms with Crippen molar-refractivity contribution >= 4 is 68.9 Å². The number of piperazine rings is 1. The van der Waals surface area contributed by atoms with Crippen molar-refractivity contribution in [2.24, 2.45) is 5.41 Å².